The second-order valence-corrected chi connectivity index (χ2v) is 6.05. The zero-order valence-corrected chi connectivity index (χ0v) is 11.2. The summed E-state index contributed by atoms with van der Waals surface area (Å²) in [6.45, 7) is 7.85. The highest BCUT2D eigenvalue weighted by atomic mass is 16.3. The summed E-state index contributed by atoms with van der Waals surface area (Å²) in [5.74, 6) is 0. The summed E-state index contributed by atoms with van der Waals surface area (Å²) in [7, 11) is 4.15. The average Bonchev–Trinajstić information content (AvgIpc) is 2.00. The van der Waals surface area contributed by atoms with Gasteiger partial charge in [-0.25, -0.2) is 0 Å². The molecule has 0 aliphatic rings. The number of rotatable bonds is 7. The van der Waals surface area contributed by atoms with E-state index in [1.54, 1.807) is 0 Å². The summed E-state index contributed by atoms with van der Waals surface area (Å²) in [6.07, 6.45) is 5.27. The number of aliphatic hydroxyl groups is 1. The molecule has 0 aromatic carbocycles. The lowest BCUT2D eigenvalue weighted by molar-refractivity contribution is 0.140. The SMILES string of the molecule is CN(C)CCC[C@H](O)CCCC(C)(C)C. The van der Waals surface area contributed by atoms with Gasteiger partial charge in [0.05, 0.1) is 6.10 Å². The van der Waals surface area contributed by atoms with Crippen molar-refractivity contribution >= 4 is 0 Å². The maximum absolute atomic E-state index is 9.74. The van der Waals surface area contributed by atoms with E-state index in [1.165, 1.54) is 6.42 Å². The maximum atomic E-state index is 9.74. The molecule has 2 nitrogen and oxygen atoms in total. The number of hydrogen-bond acceptors (Lipinski definition) is 2. The molecule has 0 amide bonds. The van der Waals surface area contributed by atoms with E-state index in [0.29, 0.717) is 5.41 Å². The highest BCUT2D eigenvalue weighted by molar-refractivity contribution is 4.64. The monoisotopic (exact) mass is 215 g/mol. The molecule has 0 aliphatic heterocycles. The van der Waals surface area contributed by atoms with E-state index >= 15 is 0 Å². The summed E-state index contributed by atoms with van der Waals surface area (Å²) >= 11 is 0. The Hall–Kier alpha value is -0.0800. The summed E-state index contributed by atoms with van der Waals surface area (Å²) in [6, 6.07) is 0. The molecule has 0 saturated carbocycles. The van der Waals surface area contributed by atoms with E-state index < -0.39 is 0 Å². The molecule has 0 aromatic heterocycles. The van der Waals surface area contributed by atoms with Crippen molar-refractivity contribution < 1.29 is 5.11 Å². The van der Waals surface area contributed by atoms with Gasteiger partial charge >= 0.3 is 0 Å². The molecule has 1 N–H and O–H groups in total. The van der Waals surface area contributed by atoms with Crippen LogP contribution in [-0.4, -0.2) is 36.8 Å². The summed E-state index contributed by atoms with van der Waals surface area (Å²) < 4.78 is 0. The van der Waals surface area contributed by atoms with E-state index in [-0.39, 0.29) is 6.10 Å². The summed E-state index contributed by atoms with van der Waals surface area (Å²) in [4.78, 5) is 2.17. The van der Waals surface area contributed by atoms with Gasteiger partial charge in [-0.2, -0.15) is 0 Å². The number of nitrogens with zero attached hydrogens (tertiary/aromatic N) is 1. The molecule has 0 heterocycles. The lowest BCUT2D eigenvalue weighted by Gasteiger charge is -2.19. The highest BCUT2D eigenvalue weighted by Gasteiger charge is 2.11. The van der Waals surface area contributed by atoms with Crippen LogP contribution in [0, 0.1) is 5.41 Å². The zero-order valence-electron chi connectivity index (χ0n) is 11.2. The Kier molecular flexibility index (Phi) is 7.20. The van der Waals surface area contributed by atoms with E-state index in [1.807, 2.05) is 0 Å². The Morgan fingerprint density at radius 3 is 2.07 bits per heavy atom. The average molecular weight is 215 g/mol. The van der Waals surface area contributed by atoms with Crippen molar-refractivity contribution in [1.82, 2.24) is 4.90 Å². The first-order valence-electron chi connectivity index (χ1n) is 6.14. The summed E-state index contributed by atoms with van der Waals surface area (Å²) in [5.41, 5.74) is 0.406. The quantitative estimate of drug-likeness (QED) is 0.706. The van der Waals surface area contributed by atoms with E-state index in [0.717, 1.165) is 32.2 Å². The second kappa shape index (κ2) is 7.24. The number of hydrogen-bond donors (Lipinski definition) is 1. The standard InChI is InChI=1S/C13H29NO/c1-13(2,3)10-6-8-12(15)9-7-11-14(4)5/h12,15H,6-11H2,1-5H3/t12-/m1/s1. The van der Waals surface area contributed by atoms with Crippen LogP contribution in [0.2, 0.25) is 0 Å². The largest absolute Gasteiger partial charge is 0.393 e. The fourth-order valence-corrected chi connectivity index (χ4v) is 1.66. The minimum atomic E-state index is -0.0905. The zero-order chi connectivity index (χ0) is 11.9. The van der Waals surface area contributed by atoms with Crippen molar-refractivity contribution in [2.75, 3.05) is 20.6 Å². The predicted molar refractivity (Wildman–Crippen MR) is 67.1 cm³/mol. The van der Waals surface area contributed by atoms with Crippen LogP contribution < -0.4 is 0 Å². The molecule has 0 saturated heterocycles. The third-order valence-corrected chi connectivity index (χ3v) is 2.61. The topological polar surface area (TPSA) is 23.5 Å². The molecule has 0 rings (SSSR count). The first-order valence-corrected chi connectivity index (χ1v) is 6.14. The van der Waals surface area contributed by atoms with Crippen molar-refractivity contribution in [3.05, 3.63) is 0 Å². The molecule has 0 unspecified atom stereocenters. The predicted octanol–water partition coefficient (Wildman–Crippen LogP) is 2.91. The van der Waals surface area contributed by atoms with E-state index in [9.17, 15) is 5.11 Å². The lowest BCUT2D eigenvalue weighted by Crippen LogP contribution is -2.16. The van der Waals surface area contributed by atoms with Crippen molar-refractivity contribution in [1.29, 1.82) is 0 Å². The van der Waals surface area contributed by atoms with Gasteiger partial charge in [0.2, 0.25) is 0 Å². The van der Waals surface area contributed by atoms with E-state index in [2.05, 4.69) is 39.8 Å². The first-order chi connectivity index (χ1) is 6.81. The Balaban J connectivity index is 3.37. The maximum Gasteiger partial charge on any atom is 0.0540 e. The van der Waals surface area contributed by atoms with Gasteiger partial charge in [0.15, 0.2) is 0 Å². The van der Waals surface area contributed by atoms with Crippen LogP contribution in [0.25, 0.3) is 0 Å². The Bertz CT molecular complexity index is 149. The molecular formula is C13H29NO. The lowest BCUT2D eigenvalue weighted by atomic mass is 9.89. The molecule has 0 spiro atoms. The van der Waals surface area contributed by atoms with Crippen molar-refractivity contribution in [2.24, 2.45) is 5.41 Å². The van der Waals surface area contributed by atoms with Gasteiger partial charge in [-0.3, -0.25) is 0 Å². The van der Waals surface area contributed by atoms with Crippen LogP contribution >= 0.6 is 0 Å². The van der Waals surface area contributed by atoms with Crippen LogP contribution in [0.1, 0.15) is 52.9 Å². The van der Waals surface area contributed by atoms with Gasteiger partial charge in [-0.15, -0.1) is 0 Å². The Morgan fingerprint density at radius 2 is 1.60 bits per heavy atom. The highest BCUT2D eigenvalue weighted by Crippen LogP contribution is 2.22. The Morgan fingerprint density at radius 1 is 1.07 bits per heavy atom. The van der Waals surface area contributed by atoms with Crippen molar-refractivity contribution in [3.8, 4) is 0 Å². The van der Waals surface area contributed by atoms with Crippen molar-refractivity contribution in [3.63, 3.8) is 0 Å². The smallest absolute Gasteiger partial charge is 0.0540 e. The molecule has 92 valence electrons. The minimum Gasteiger partial charge on any atom is -0.393 e. The normalized spacial score (nSPS) is 14.6. The summed E-state index contributed by atoms with van der Waals surface area (Å²) in [5, 5.41) is 9.74. The molecular weight excluding hydrogens is 186 g/mol. The van der Waals surface area contributed by atoms with Gasteiger partial charge in [-0.1, -0.05) is 27.2 Å². The molecule has 0 aliphatic carbocycles. The van der Waals surface area contributed by atoms with Gasteiger partial charge in [-0.05, 0) is 51.7 Å². The van der Waals surface area contributed by atoms with Crippen LogP contribution in [-0.2, 0) is 0 Å². The van der Waals surface area contributed by atoms with Gasteiger partial charge in [0, 0.05) is 0 Å². The molecule has 0 fully saturated rings. The van der Waals surface area contributed by atoms with Crippen LogP contribution in [0.5, 0.6) is 0 Å². The van der Waals surface area contributed by atoms with Gasteiger partial charge < -0.3 is 10.0 Å². The number of aliphatic hydroxyl groups excluding tert-OH is 1. The fourth-order valence-electron chi connectivity index (χ4n) is 1.66. The molecule has 15 heavy (non-hydrogen) atoms. The molecule has 0 radical (unpaired) electrons. The van der Waals surface area contributed by atoms with Crippen LogP contribution in [0.4, 0.5) is 0 Å². The Labute approximate surface area is 95.7 Å². The minimum absolute atomic E-state index is 0.0905. The van der Waals surface area contributed by atoms with E-state index in [4.69, 9.17) is 0 Å². The van der Waals surface area contributed by atoms with Crippen molar-refractivity contribution in [2.45, 2.75) is 59.0 Å². The van der Waals surface area contributed by atoms with Crippen LogP contribution in [0.3, 0.4) is 0 Å². The molecule has 1 atom stereocenters. The second-order valence-electron chi connectivity index (χ2n) is 6.05. The van der Waals surface area contributed by atoms with Gasteiger partial charge in [0.1, 0.15) is 0 Å². The van der Waals surface area contributed by atoms with Gasteiger partial charge in [0.25, 0.3) is 0 Å². The third kappa shape index (κ3) is 11.8. The molecule has 2 heteroatoms. The first kappa shape index (κ1) is 14.9. The molecule has 0 aromatic rings. The molecule has 0 bridgehead atoms. The third-order valence-electron chi connectivity index (χ3n) is 2.61. The fraction of sp³-hybridized carbons (Fsp3) is 1.00. The van der Waals surface area contributed by atoms with Crippen LogP contribution in [0.15, 0.2) is 0 Å².